The quantitative estimate of drug-likeness (QED) is 0.848. The highest BCUT2D eigenvalue weighted by Gasteiger charge is 2.44. The maximum atomic E-state index is 12.5. The second-order valence-electron chi connectivity index (χ2n) is 8.64. The Labute approximate surface area is 164 Å². The molecule has 0 radical (unpaired) electrons. The molecule has 0 spiro atoms. The van der Waals surface area contributed by atoms with Crippen molar-refractivity contribution in [1.82, 2.24) is 10.3 Å². The highest BCUT2D eigenvalue weighted by Crippen LogP contribution is 2.40. The van der Waals surface area contributed by atoms with Crippen LogP contribution in [0.2, 0.25) is 0 Å². The molecule has 2 aromatic rings. The molecule has 3 heterocycles. The minimum absolute atomic E-state index is 0.0375. The van der Waals surface area contributed by atoms with E-state index < -0.39 is 11.9 Å². The normalized spacial score (nSPS) is 22.5. The molecule has 2 aliphatic heterocycles. The third-order valence-corrected chi connectivity index (χ3v) is 5.07. The van der Waals surface area contributed by atoms with Crippen LogP contribution in [-0.4, -0.2) is 34.5 Å². The lowest BCUT2D eigenvalue weighted by molar-refractivity contribution is -0.121. The third-order valence-electron chi connectivity index (χ3n) is 5.07. The van der Waals surface area contributed by atoms with Gasteiger partial charge in [-0.15, -0.1) is 0 Å². The average molecular weight is 383 g/mol. The number of benzene rings is 1. The number of anilines is 1. The van der Waals surface area contributed by atoms with Crippen molar-refractivity contribution in [1.29, 1.82) is 0 Å². The fraction of sp³-hybridized carbons (Fsp3) is 0.429. The first-order valence-electron chi connectivity index (χ1n) is 9.34. The zero-order valence-corrected chi connectivity index (χ0v) is 16.5. The maximum absolute atomic E-state index is 12.5. The monoisotopic (exact) mass is 383 g/mol. The standard InChI is InChI=1S/C21H25N3O4/c1-20(2)10-14-15(27-12-20)6-5-7-16(14)28-17-9-8-13(11-22-17)24-18(25)21(3,4)23-19(24)26/h5-9,11,19,23,26H,10,12H2,1-4H3. The number of hydrogen-bond donors (Lipinski definition) is 2. The summed E-state index contributed by atoms with van der Waals surface area (Å²) in [6.07, 6.45) is 1.29. The lowest BCUT2D eigenvalue weighted by Crippen LogP contribution is -2.41. The minimum atomic E-state index is -1.09. The van der Waals surface area contributed by atoms with Gasteiger partial charge < -0.3 is 14.6 Å². The molecule has 28 heavy (non-hydrogen) atoms. The van der Waals surface area contributed by atoms with Gasteiger partial charge in [-0.05, 0) is 38.5 Å². The van der Waals surface area contributed by atoms with E-state index in [0.717, 1.165) is 17.7 Å². The first-order chi connectivity index (χ1) is 13.2. The van der Waals surface area contributed by atoms with Gasteiger partial charge in [-0.1, -0.05) is 19.9 Å². The number of carbonyl (C=O) groups is 1. The molecule has 2 aliphatic rings. The molecule has 0 aliphatic carbocycles. The summed E-state index contributed by atoms with van der Waals surface area (Å²) >= 11 is 0. The van der Waals surface area contributed by atoms with Crippen molar-refractivity contribution in [2.75, 3.05) is 11.5 Å². The van der Waals surface area contributed by atoms with Gasteiger partial charge in [-0.25, -0.2) is 4.98 Å². The summed E-state index contributed by atoms with van der Waals surface area (Å²) < 4.78 is 11.9. The second kappa shape index (κ2) is 6.46. The molecule has 1 aromatic carbocycles. The van der Waals surface area contributed by atoms with Crippen LogP contribution in [0.5, 0.6) is 17.4 Å². The first-order valence-corrected chi connectivity index (χ1v) is 9.34. The van der Waals surface area contributed by atoms with Gasteiger partial charge in [-0.3, -0.25) is 15.0 Å². The number of aliphatic hydroxyl groups is 1. The summed E-state index contributed by atoms with van der Waals surface area (Å²) in [5.41, 5.74) is 0.739. The van der Waals surface area contributed by atoms with E-state index in [9.17, 15) is 9.90 Å². The van der Waals surface area contributed by atoms with Crippen LogP contribution < -0.4 is 19.7 Å². The first kappa shape index (κ1) is 18.7. The van der Waals surface area contributed by atoms with Gasteiger partial charge >= 0.3 is 0 Å². The summed E-state index contributed by atoms with van der Waals surface area (Å²) in [6.45, 7) is 8.45. The number of hydrogen-bond acceptors (Lipinski definition) is 6. The van der Waals surface area contributed by atoms with E-state index in [0.29, 0.717) is 23.9 Å². The predicted molar refractivity (Wildman–Crippen MR) is 104 cm³/mol. The molecular weight excluding hydrogens is 358 g/mol. The van der Waals surface area contributed by atoms with E-state index in [1.165, 1.54) is 11.1 Å². The van der Waals surface area contributed by atoms with E-state index in [1.807, 2.05) is 18.2 Å². The van der Waals surface area contributed by atoms with Crippen LogP contribution in [-0.2, 0) is 11.2 Å². The molecule has 148 valence electrons. The maximum Gasteiger partial charge on any atom is 0.250 e. The molecular formula is C21H25N3O4. The Morgan fingerprint density at radius 2 is 2.04 bits per heavy atom. The van der Waals surface area contributed by atoms with E-state index in [4.69, 9.17) is 9.47 Å². The molecule has 1 amide bonds. The van der Waals surface area contributed by atoms with E-state index in [-0.39, 0.29) is 11.3 Å². The van der Waals surface area contributed by atoms with Crippen molar-refractivity contribution in [2.24, 2.45) is 5.41 Å². The lowest BCUT2D eigenvalue weighted by Gasteiger charge is -2.32. The fourth-order valence-corrected chi connectivity index (χ4v) is 3.56. The molecule has 0 bridgehead atoms. The van der Waals surface area contributed by atoms with Crippen molar-refractivity contribution in [3.63, 3.8) is 0 Å². The Balaban J connectivity index is 1.56. The molecule has 1 saturated heterocycles. The molecule has 1 fully saturated rings. The van der Waals surface area contributed by atoms with Gasteiger partial charge in [0.1, 0.15) is 11.5 Å². The summed E-state index contributed by atoms with van der Waals surface area (Å²) in [4.78, 5) is 18.1. The van der Waals surface area contributed by atoms with Crippen LogP contribution in [0.4, 0.5) is 5.69 Å². The number of rotatable bonds is 3. The van der Waals surface area contributed by atoms with Crippen LogP contribution in [0.3, 0.4) is 0 Å². The van der Waals surface area contributed by atoms with Crippen molar-refractivity contribution >= 4 is 11.6 Å². The number of ether oxygens (including phenoxy) is 2. The molecule has 1 atom stereocenters. The Bertz CT molecular complexity index is 908. The van der Waals surface area contributed by atoms with Crippen LogP contribution in [0.1, 0.15) is 33.3 Å². The number of carbonyl (C=O) groups excluding carboxylic acids is 1. The summed E-state index contributed by atoms with van der Waals surface area (Å²) in [5.74, 6) is 1.75. The van der Waals surface area contributed by atoms with E-state index in [1.54, 1.807) is 26.0 Å². The van der Waals surface area contributed by atoms with E-state index in [2.05, 4.69) is 24.1 Å². The summed E-state index contributed by atoms with van der Waals surface area (Å²) in [5, 5.41) is 13.0. The fourth-order valence-electron chi connectivity index (χ4n) is 3.56. The van der Waals surface area contributed by atoms with Gasteiger partial charge in [0.15, 0.2) is 6.35 Å². The number of pyridine rings is 1. The van der Waals surface area contributed by atoms with Crippen molar-refractivity contribution in [3.8, 4) is 17.4 Å². The molecule has 7 nitrogen and oxygen atoms in total. The average Bonchev–Trinajstić information content (AvgIpc) is 2.83. The molecule has 1 aromatic heterocycles. The van der Waals surface area contributed by atoms with Crippen LogP contribution in [0.25, 0.3) is 0 Å². The Hall–Kier alpha value is -2.64. The second-order valence-corrected chi connectivity index (χ2v) is 8.64. The number of aromatic nitrogens is 1. The molecule has 4 rings (SSSR count). The van der Waals surface area contributed by atoms with Gasteiger partial charge in [0, 0.05) is 17.0 Å². The van der Waals surface area contributed by atoms with Crippen LogP contribution >= 0.6 is 0 Å². The molecule has 0 saturated carbocycles. The summed E-state index contributed by atoms with van der Waals surface area (Å²) in [7, 11) is 0. The number of aliphatic hydroxyl groups excluding tert-OH is 1. The van der Waals surface area contributed by atoms with E-state index >= 15 is 0 Å². The van der Waals surface area contributed by atoms with Gasteiger partial charge in [-0.2, -0.15) is 0 Å². The van der Waals surface area contributed by atoms with Crippen molar-refractivity contribution in [2.45, 2.75) is 46.0 Å². The number of nitrogens with zero attached hydrogens (tertiary/aromatic N) is 2. The van der Waals surface area contributed by atoms with Crippen LogP contribution in [0.15, 0.2) is 36.5 Å². The minimum Gasteiger partial charge on any atom is -0.493 e. The zero-order chi connectivity index (χ0) is 20.1. The SMILES string of the molecule is CC1(C)COc2cccc(Oc3ccc(N4C(=O)C(C)(C)NC4O)cn3)c2C1. The largest absolute Gasteiger partial charge is 0.493 e. The van der Waals surface area contributed by atoms with Crippen molar-refractivity contribution < 1.29 is 19.4 Å². The topological polar surface area (TPSA) is 83.9 Å². The smallest absolute Gasteiger partial charge is 0.250 e. The number of amides is 1. The molecule has 7 heteroatoms. The molecule has 1 unspecified atom stereocenters. The summed E-state index contributed by atoms with van der Waals surface area (Å²) in [6, 6.07) is 9.15. The Morgan fingerprint density at radius 3 is 2.68 bits per heavy atom. The van der Waals surface area contributed by atoms with Crippen LogP contribution in [0, 0.1) is 5.41 Å². The highest BCUT2D eigenvalue weighted by atomic mass is 16.5. The van der Waals surface area contributed by atoms with Gasteiger partial charge in [0.05, 0.1) is 24.0 Å². The molecule has 2 N–H and O–H groups in total. The predicted octanol–water partition coefficient (Wildman–Crippen LogP) is 2.83. The highest BCUT2D eigenvalue weighted by molar-refractivity contribution is 6.02. The lowest BCUT2D eigenvalue weighted by atomic mass is 9.84. The Morgan fingerprint density at radius 1 is 1.25 bits per heavy atom. The van der Waals surface area contributed by atoms with Crippen molar-refractivity contribution in [3.05, 3.63) is 42.1 Å². The Kier molecular flexibility index (Phi) is 4.32. The van der Waals surface area contributed by atoms with Gasteiger partial charge in [0.25, 0.3) is 0 Å². The third kappa shape index (κ3) is 3.31. The van der Waals surface area contributed by atoms with Gasteiger partial charge in [0.2, 0.25) is 11.8 Å². The number of nitrogens with one attached hydrogen (secondary N) is 1. The number of fused-ring (bicyclic) bond motifs is 1. The zero-order valence-electron chi connectivity index (χ0n) is 16.5.